The summed E-state index contributed by atoms with van der Waals surface area (Å²) in [5.74, 6) is -0.309. The maximum atomic E-state index is 8.84. The molecule has 0 aliphatic carbocycles. The van der Waals surface area contributed by atoms with E-state index in [-0.39, 0.29) is 27.2 Å². The van der Waals surface area contributed by atoms with Crippen molar-refractivity contribution in [1.82, 2.24) is 11.1 Å². The van der Waals surface area contributed by atoms with Gasteiger partial charge in [-0.2, -0.15) is 4.98 Å². The fraction of sp³-hybridized carbons (Fsp3) is 0. The van der Waals surface area contributed by atoms with Crippen molar-refractivity contribution in [2.45, 2.75) is 0 Å². The highest BCUT2D eigenvalue weighted by molar-refractivity contribution is 6.42. The minimum Gasteiger partial charge on any atom is -0.492 e. The molecule has 62 valence electrons. The quantitative estimate of drug-likeness (QED) is 0.654. The first-order valence-corrected chi connectivity index (χ1v) is 3.45. The highest BCUT2D eigenvalue weighted by Gasteiger charge is 2.04. The molecule has 0 aliphatic heterocycles. The van der Waals surface area contributed by atoms with E-state index >= 15 is 0 Å². The minimum atomic E-state index is -0.309. The lowest BCUT2D eigenvalue weighted by Crippen LogP contribution is -1.78. The molecule has 1 aromatic rings. The molecule has 4 N–H and O–H groups in total. The van der Waals surface area contributed by atoms with E-state index in [1.807, 2.05) is 0 Å². The molecule has 3 nitrogen and oxygen atoms in total. The number of hydrogen-bond acceptors (Lipinski definition) is 3. The summed E-state index contributed by atoms with van der Waals surface area (Å²) in [5.41, 5.74) is 0. The van der Waals surface area contributed by atoms with Gasteiger partial charge in [-0.25, -0.2) is 0 Å². The molecule has 0 radical (unpaired) electrons. The summed E-state index contributed by atoms with van der Waals surface area (Å²) in [6.45, 7) is 0. The van der Waals surface area contributed by atoms with Crippen LogP contribution in [-0.2, 0) is 0 Å². The second-order valence-corrected chi connectivity index (χ2v) is 2.74. The summed E-state index contributed by atoms with van der Waals surface area (Å²) in [4.78, 5) is 3.43. The van der Waals surface area contributed by atoms with Crippen LogP contribution in [0.5, 0.6) is 5.88 Å². The molecule has 0 amide bonds. The Morgan fingerprint density at radius 3 is 2.18 bits per heavy atom. The molecule has 0 aliphatic rings. The maximum absolute atomic E-state index is 8.84. The Labute approximate surface area is 78.5 Å². The number of aromatic nitrogens is 1. The number of hydrogen-bond donors (Lipinski definition) is 2. The number of pyridine rings is 1. The third kappa shape index (κ3) is 2.38. The van der Waals surface area contributed by atoms with Crippen molar-refractivity contribution in [3.63, 3.8) is 0 Å². The summed E-state index contributed by atoms with van der Waals surface area (Å²) in [6.07, 6.45) is 0. The summed E-state index contributed by atoms with van der Waals surface area (Å²) >= 11 is 16.4. The lowest BCUT2D eigenvalue weighted by Gasteiger charge is -1.96. The van der Waals surface area contributed by atoms with Gasteiger partial charge in [-0.15, -0.1) is 0 Å². The van der Waals surface area contributed by atoms with E-state index in [0.29, 0.717) is 0 Å². The van der Waals surface area contributed by atoms with E-state index in [0.717, 1.165) is 0 Å². The van der Waals surface area contributed by atoms with E-state index in [4.69, 9.17) is 39.9 Å². The first-order chi connectivity index (χ1) is 4.61. The molecular formula is C5H5Cl3N2O. The van der Waals surface area contributed by atoms with Gasteiger partial charge in [-0.1, -0.05) is 34.8 Å². The van der Waals surface area contributed by atoms with Crippen molar-refractivity contribution in [2.24, 2.45) is 0 Å². The average Bonchev–Trinajstić information content (AvgIpc) is 1.84. The van der Waals surface area contributed by atoms with Gasteiger partial charge in [0.05, 0.1) is 5.02 Å². The highest BCUT2D eigenvalue weighted by atomic mass is 35.5. The Morgan fingerprint density at radius 2 is 1.73 bits per heavy atom. The molecule has 0 saturated carbocycles. The summed E-state index contributed by atoms with van der Waals surface area (Å²) < 4.78 is 0. The molecule has 0 atom stereocenters. The zero-order valence-corrected chi connectivity index (χ0v) is 7.58. The van der Waals surface area contributed by atoms with Crippen molar-refractivity contribution in [3.8, 4) is 5.88 Å². The smallest absolute Gasteiger partial charge is 0.231 e. The van der Waals surface area contributed by atoms with Crippen LogP contribution in [0.3, 0.4) is 0 Å². The van der Waals surface area contributed by atoms with E-state index in [1.165, 1.54) is 6.07 Å². The van der Waals surface area contributed by atoms with Gasteiger partial charge in [0.1, 0.15) is 5.02 Å². The fourth-order valence-corrected chi connectivity index (χ4v) is 0.928. The number of rotatable bonds is 0. The van der Waals surface area contributed by atoms with Crippen molar-refractivity contribution >= 4 is 34.8 Å². The highest BCUT2D eigenvalue weighted by Crippen LogP contribution is 2.28. The molecule has 1 aromatic heterocycles. The minimum absolute atomic E-state index is 0. The van der Waals surface area contributed by atoms with Crippen LogP contribution in [0.15, 0.2) is 6.07 Å². The Hall–Kier alpha value is -0.220. The third-order valence-electron chi connectivity index (χ3n) is 0.868. The maximum Gasteiger partial charge on any atom is 0.231 e. The predicted molar refractivity (Wildman–Crippen MR) is 46.0 cm³/mol. The van der Waals surface area contributed by atoms with E-state index < -0.39 is 0 Å². The van der Waals surface area contributed by atoms with E-state index in [2.05, 4.69) is 4.98 Å². The van der Waals surface area contributed by atoms with Gasteiger partial charge in [0.2, 0.25) is 5.88 Å². The standard InChI is InChI=1S/C5H2Cl3NO.H3N/c6-2-1-3(7)5(10)9-4(2)8;/h1H,(H,9,10);1H3. The Kier molecular flexibility index (Phi) is 3.89. The zero-order chi connectivity index (χ0) is 7.72. The van der Waals surface area contributed by atoms with Crippen LogP contribution < -0.4 is 6.15 Å². The lowest BCUT2D eigenvalue weighted by atomic mass is 10.5. The first-order valence-electron chi connectivity index (χ1n) is 2.32. The summed E-state index contributed by atoms with van der Waals surface area (Å²) in [5, 5.41) is 9.20. The Bertz CT molecular complexity index is 216. The fourth-order valence-electron chi connectivity index (χ4n) is 0.435. The molecule has 0 saturated heterocycles. The molecular weight excluding hydrogens is 210 g/mol. The van der Waals surface area contributed by atoms with Crippen LogP contribution in [0.4, 0.5) is 0 Å². The first kappa shape index (κ1) is 10.8. The number of nitrogens with zero attached hydrogens (tertiary/aromatic N) is 1. The molecule has 1 rings (SSSR count). The average molecular weight is 215 g/mol. The third-order valence-corrected chi connectivity index (χ3v) is 1.82. The second kappa shape index (κ2) is 3.97. The molecule has 0 fully saturated rings. The van der Waals surface area contributed by atoms with Crippen molar-refractivity contribution in [3.05, 3.63) is 21.3 Å². The van der Waals surface area contributed by atoms with Gasteiger partial charge in [0.25, 0.3) is 0 Å². The topological polar surface area (TPSA) is 68.1 Å². The largest absolute Gasteiger partial charge is 0.492 e. The summed E-state index contributed by atoms with van der Waals surface area (Å²) in [6, 6.07) is 1.33. The molecule has 0 spiro atoms. The molecule has 0 aromatic carbocycles. The van der Waals surface area contributed by atoms with Gasteiger partial charge in [0, 0.05) is 0 Å². The normalized spacial score (nSPS) is 9.00. The van der Waals surface area contributed by atoms with Crippen LogP contribution in [0.1, 0.15) is 0 Å². The van der Waals surface area contributed by atoms with Crippen LogP contribution in [0, 0.1) is 0 Å². The monoisotopic (exact) mass is 214 g/mol. The van der Waals surface area contributed by atoms with Crippen molar-refractivity contribution < 1.29 is 5.11 Å². The molecule has 1 heterocycles. The summed E-state index contributed by atoms with van der Waals surface area (Å²) in [7, 11) is 0. The lowest BCUT2D eigenvalue weighted by molar-refractivity contribution is 0.454. The SMILES string of the molecule is N.Oc1nc(Cl)c(Cl)cc1Cl. The molecule has 0 bridgehead atoms. The van der Waals surface area contributed by atoms with Gasteiger partial charge in [-0.3, -0.25) is 0 Å². The Morgan fingerprint density at radius 1 is 1.18 bits per heavy atom. The van der Waals surface area contributed by atoms with Crippen LogP contribution >= 0.6 is 34.8 Å². The van der Waals surface area contributed by atoms with Gasteiger partial charge >= 0.3 is 0 Å². The number of halogens is 3. The van der Waals surface area contributed by atoms with Crippen LogP contribution in [-0.4, -0.2) is 10.1 Å². The Balaban J connectivity index is 0.000001000. The van der Waals surface area contributed by atoms with Gasteiger partial charge in [-0.05, 0) is 6.07 Å². The second-order valence-electron chi connectivity index (χ2n) is 1.57. The predicted octanol–water partition coefficient (Wildman–Crippen LogP) is 2.91. The van der Waals surface area contributed by atoms with Crippen molar-refractivity contribution in [1.29, 1.82) is 0 Å². The van der Waals surface area contributed by atoms with Crippen LogP contribution in [0.2, 0.25) is 15.2 Å². The molecule has 0 unspecified atom stereocenters. The van der Waals surface area contributed by atoms with Crippen LogP contribution in [0.25, 0.3) is 0 Å². The van der Waals surface area contributed by atoms with Gasteiger partial charge < -0.3 is 11.3 Å². The van der Waals surface area contributed by atoms with Crippen molar-refractivity contribution in [2.75, 3.05) is 0 Å². The molecule has 11 heavy (non-hydrogen) atoms. The molecule has 6 heteroatoms. The number of aromatic hydroxyl groups is 1. The van der Waals surface area contributed by atoms with Gasteiger partial charge in [0.15, 0.2) is 5.15 Å². The van der Waals surface area contributed by atoms with E-state index in [1.54, 1.807) is 0 Å². The zero-order valence-electron chi connectivity index (χ0n) is 5.31. The van der Waals surface area contributed by atoms with E-state index in [9.17, 15) is 0 Å².